The van der Waals surface area contributed by atoms with E-state index < -0.39 is 11.7 Å². The number of pyridine rings is 1. The van der Waals surface area contributed by atoms with Gasteiger partial charge in [-0.15, -0.1) is 0 Å². The summed E-state index contributed by atoms with van der Waals surface area (Å²) in [5.41, 5.74) is 0.258. The molecule has 0 unspecified atom stereocenters. The number of imidazole rings is 1. The van der Waals surface area contributed by atoms with Crippen molar-refractivity contribution in [3.63, 3.8) is 0 Å². The smallest absolute Gasteiger partial charge is 0.350 e. The summed E-state index contributed by atoms with van der Waals surface area (Å²) in [7, 11) is 0. The van der Waals surface area contributed by atoms with E-state index in [1.807, 2.05) is 0 Å². The SMILES string of the molecule is O=C(NCc1cn2cc(C(F)(F)F)ccc2n1)C1CCCCC1. The first-order valence-corrected chi connectivity index (χ1v) is 7.76. The Morgan fingerprint density at radius 3 is 2.65 bits per heavy atom. The molecule has 0 saturated heterocycles. The zero-order chi connectivity index (χ0) is 16.4. The maximum Gasteiger partial charge on any atom is 0.417 e. The first kappa shape index (κ1) is 15.8. The molecule has 3 rings (SSSR count). The Morgan fingerprint density at radius 1 is 1.22 bits per heavy atom. The van der Waals surface area contributed by atoms with Crippen LogP contribution in [0.1, 0.15) is 43.4 Å². The maximum absolute atomic E-state index is 12.7. The molecule has 2 aromatic heterocycles. The van der Waals surface area contributed by atoms with E-state index in [-0.39, 0.29) is 18.4 Å². The molecule has 2 aromatic rings. The van der Waals surface area contributed by atoms with Crippen LogP contribution in [0.5, 0.6) is 0 Å². The third-order valence-electron chi connectivity index (χ3n) is 4.25. The highest BCUT2D eigenvalue weighted by atomic mass is 19.4. The summed E-state index contributed by atoms with van der Waals surface area (Å²) in [6, 6.07) is 2.34. The summed E-state index contributed by atoms with van der Waals surface area (Å²) >= 11 is 0. The van der Waals surface area contributed by atoms with Crippen LogP contribution in [-0.4, -0.2) is 15.3 Å². The summed E-state index contributed by atoms with van der Waals surface area (Å²) in [5.74, 6) is 0.0651. The van der Waals surface area contributed by atoms with Gasteiger partial charge in [-0.05, 0) is 25.0 Å². The van der Waals surface area contributed by atoms with E-state index in [0.29, 0.717) is 11.3 Å². The number of hydrogen-bond donors (Lipinski definition) is 1. The van der Waals surface area contributed by atoms with Crippen LogP contribution in [0, 0.1) is 5.92 Å². The van der Waals surface area contributed by atoms with Gasteiger partial charge in [0.15, 0.2) is 0 Å². The Balaban J connectivity index is 1.67. The molecule has 0 spiro atoms. The predicted molar refractivity (Wildman–Crippen MR) is 78.6 cm³/mol. The fraction of sp³-hybridized carbons (Fsp3) is 0.500. The molecule has 1 N–H and O–H groups in total. The Kier molecular flexibility index (Phi) is 4.28. The van der Waals surface area contributed by atoms with Crippen molar-refractivity contribution in [3.05, 3.63) is 35.8 Å². The number of carbonyl (C=O) groups is 1. The predicted octanol–water partition coefficient (Wildman–Crippen LogP) is 3.55. The monoisotopic (exact) mass is 325 g/mol. The number of fused-ring (bicyclic) bond motifs is 1. The number of halogens is 3. The number of carbonyl (C=O) groups excluding carboxylic acids is 1. The second-order valence-corrected chi connectivity index (χ2v) is 5.97. The van der Waals surface area contributed by atoms with Gasteiger partial charge in [-0.1, -0.05) is 19.3 Å². The van der Waals surface area contributed by atoms with E-state index in [9.17, 15) is 18.0 Å². The van der Waals surface area contributed by atoms with Crippen LogP contribution in [0.25, 0.3) is 5.65 Å². The quantitative estimate of drug-likeness (QED) is 0.938. The number of alkyl halides is 3. The molecule has 0 aliphatic heterocycles. The molecular formula is C16H18F3N3O. The summed E-state index contributed by atoms with van der Waals surface area (Å²) in [4.78, 5) is 16.3. The van der Waals surface area contributed by atoms with Gasteiger partial charge in [-0.2, -0.15) is 13.2 Å². The lowest BCUT2D eigenvalue weighted by molar-refractivity contribution is -0.137. The fourth-order valence-electron chi connectivity index (χ4n) is 2.98. The molecule has 4 nitrogen and oxygen atoms in total. The van der Waals surface area contributed by atoms with Gasteiger partial charge < -0.3 is 9.72 Å². The molecule has 1 amide bonds. The minimum atomic E-state index is -4.38. The van der Waals surface area contributed by atoms with Crippen molar-refractivity contribution in [2.75, 3.05) is 0 Å². The van der Waals surface area contributed by atoms with Crippen LogP contribution in [0.15, 0.2) is 24.5 Å². The Morgan fingerprint density at radius 2 is 1.96 bits per heavy atom. The average molecular weight is 325 g/mol. The molecule has 1 saturated carbocycles. The van der Waals surface area contributed by atoms with Gasteiger partial charge in [0, 0.05) is 18.3 Å². The van der Waals surface area contributed by atoms with E-state index in [1.54, 1.807) is 0 Å². The maximum atomic E-state index is 12.7. The lowest BCUT2D eigenvalue weighted by Gasteiger charge is -2.20. The van der Waals surface area contributed by atoms with Gasteiger partial charge in [0.25, 0.3) is 0 Å². The summed E-state index contributed by atoms with van der Waals surface area (Å²) in [6.07, 6.45) is 3.29. The van der Waals surface area contributed by atoms with Crippen molar-refractivity contribution in [1.29, 1.82) is 0 Å². The zero-order valence-corrected chi connectivity index (χ0v) is 12.6. The molecule has 1 fully saturated rings. The molecule has 0 aromatic carbocycles. The van der Waals surface area contributed by atoms with Crippen LogP contribution in [0.2, 0.25) is 0 Å². The molecule has 124 valence electrons. The summed E-state index contributed by atoms with van der Waals surface area (Å²) in [5, 5.41) is 2.84. The van der Waals surface area contributed by atoms with Crippen LogP contribution >= 0.6 is 0 Å². The molecule has 0 radical (unpaired) electrons. The number of amides is 1. The third-order valence-corrected chi connectivity index (χ3v) is 4.25. The van der Waals surface area contributed by atoms with Crippen molar-refractivity contribution < 1.29 is 18.0 Å². The average Bonchev–Trinajstić information content (AvgIpc) is 2.94. The van der Waals surface area contributed by atoms with Crippen LogP contribution in [-0.2, 0) is 17.5 Å². The van der Waals surface area contributed by atoms with E-state index in [4.69, 9.17) is 0 Å². The van der Waals surface area contributed by atoms with E-state index in [2.05, 4.69) is 10.3 Å². The molecular weight excluding hydrogens is 307 g/mol. The Labute approximate surface area is 131 Å². The van der Waals surface area contributed by atoms with Crippen LogP contribution in [0.3, 0.4) is 0 Å². The highest BCUT2D eigenvalue weighted by Gasteiger charge is 2.30. The lowest BCUT2D eigenvalue weighted by atomic mass is 9.89. The first-order chi connectivity index (χ1) is 10.9. The summed E-state index contributed by atoms with van der Waals surface area (Å²) in [6.45, 7) is 0.234. The topological polar surface area (TPSA) is 46.4 Å². The number of hydrogen-bond acceptors (Lipinski definition) is 2. The molecule has 23 heavy (non-hydrogen) atoms. The van der Waals surface area contributed by atoms with Crippen molar-refractivity contribution >= 4 is 11.6 Å². The first-order valence-electron chi connectivity index (χ1n) is 7.76. The van der Waals surface area contributed by atoms with Gasteiger partial charge in [0.1, 0.15) is 5.65 Å². The second-order valence-electron chi connectivity index (χ2n) is 5.97. The zero-order valence-electron chi connectivity index (χ0n) is 12.6. The molecule has 0 bridgehead atoms. The van der Waals surface area contributed by atoms with Gasteiger partial charge in [0.05, 0.1) is 17.8 Å². The van der Waals surface area contributed by atoms with Gasteiger partial charge in [-0.25, -0.2) is 4.98 Å². The van der Waals surface area contributed by atoms with Crippen molar-refractivity contribution in [3.8, 4) is 0 Å². The number of aromatic nitrogens is 2. The Bertz CT molecular complexity index is 702. The minimum absolute atomic E-state index is 0.0118. The Hall–Kier alpha value is -2.05. The highest BCUT2D eigenvalue weighted by Crippen LogP contribution is 2.29. The number of rotatable bonds is 3. The fourth-order valence-corrected chi connectivity index (χ4v) is 2.98. The minimum Gasteiger partial charge on any atom is -0.350 e. The third kappa shape index (κ3) is 3.65. The van der Waals surface area contributed by atoms with Crippen molar-refractivity contribution in [2.45, 2.75) is 44.8 Å². The van der Waals surface area contributed by atoms with E-state index in [1.165, 1.54) is 23.1 Å². The highest BCUT2D eigenvalue weighted by molar-refractivity contribution is 5.78. The normalized spacial score (nSPS) is 16.7. The molecule has 2 heterocycles. The van der Waals surface area contributed by atoms with Crippen molar-refractivity contribution in [2.24, 2.45) is 5.92 Å². The lowest BCUT2D eigenvalue weighted by Crippen LogP contribution is -2.31. The van der Waals surface area contributed by atoms with Gasteiger partial charge in [-0.3, -0.25) is 4.79 Å². The molecule has 7 heteroatoms. The number of nitrogens with zero attached hydrogens (tertiary/aromatic N) is 2. The largest absolute Gasteiger partial charge is 0.417 e. The second kappa shape index (κ2) is 6.22. The molecule has 0 atom stereocenters. The van der Waals surface area contributed by atoms with Crippen molar-refractivity contribution in [1.82, 2.24) is 14.7 Å². The van der Waals surface area contributed by atoms with Crippen LogP contribution < -0.4 is 5.32 Å². The molecule has 1 aliphatic rings. The van der Waals surface area contributed by atoms with Crippen LogP contribution in [0.4, 0.5) is 13.2 Å². The standard InChI is InChI=1S/C16H18F3N3O/c17-16(18,19)12-6-7-14-21-13(10-22(14)9-12)8-20-15(23)11-4-2-1-3-5-11/h6-7,9-11H,1-5,8H2,(H,20,23). The molecule has 1 aliphatic carbocycles. The number of nitrogens with one attached hydrogen (secondary N) is 1. The summed E-state index contributed by atoms with van der Waals surface area (Å²) < 4.78 is 39.4. The van der Waals surface area contributed by atoms with Gasteiger partial charge >= 0.3 is 6.18 Å². The van der Waals surface area contributed by atoms with E-state index >= 15 is 0 Å². The van der Waals surface area contributed by atoms with E-state index in [0.717, 1.165) is 37.9 Å². The van der Waals surface area contributed by atoms with Gasteiger partial charge in [0.2, 0.25) is 5.91 Å².